The number of ether oxygens (including phenoxy) is 2. The first-order valence-electron chi connectivity index (χ1n) is 8.77. The summed E-state index contributed by atoms with van der Waals surface area (Å²) in [6.07, 6.45) is 3.59. The van der Waals surface area contributed by atoms with Gasteiger partial charge in [-0.25, -0.2) is 9.97 Å². The number of nitrogens with one attached hydrogen (secondary N) is 1. The first-order valence-corrected chi connectivity index (χ1v) is 10.5. The Bertz CT molecular complexity index is 1200. The highest BCUT2D eigenvalue weighted by atomic mass is 32.1. The molecule has 4 aromatic rings. The Labute approximate surface area is 173 Å². The number of fused-ring (bicyclic) bond motifs is 1. The van der Waals surface area contributed by atoms with Crippen molar-refractivity contribution in [1.82, 2.24) is 19.7 Å². The molecule has 4 heterocycles. The highest BCUT2D eigenvalue weighted by Crippen LogP contribution is 2.35. The average molecular weight is 425 g/mol. The van der Waals surface area contributed by atoms with E-state index in [2.05, 4.69) is 20.4 Å². The lowest BCUT2D eigenvalue weighted by Crippen LogP contribution is -2.15. The van der Waals surface area contributed by atoms with Crippen LogP contribution in [0.5, 0.6) is 11.5 Å². The molecule has 1 aliphatic heterocycles. The summed E-state index contributed by atoms with van der Waals surface area (Å²) in [6.45, 7) is 1.09. The van der Waals surface area contributed by atoms with Crippen LogP contribution in [0.4, 0.5) is 5.13 Å². The van der Waals surface area contributed by atoms with Gasteiger partial charge < -0.3 is 9.47 Å². The molecule has 0 saturated carbocycles. The molecule has 0 unspecified atom stereocenters. The minimum Gasteiger partial charge on any atom is -0.486 e. The molecule has 1 amide bonds. The van der Waals surface area contributed by atoms with Crippen molar-refractivity contribution >= 4 is 33.7 Å². The highest BCUT2D eigenvalue weighted by Gasteiger charge is 2.16. The molecule has 5 rings (SSSR count). The number of anilines is 1. The third-order valence-corrected chi connectivity index (χ3v) is 5.90. The van der Waals surface area contributed by atoms with Crippen LogP contribution in [0.25, 0.3) is 21.8 Å². The summed E-state index contributed by atoms with van der Waals surface area (Å²) in [7, 11) is 1.84. The monoisotopic (exact) mass is 425 g/mol. The van der Waals surface area contributed by atoms with Crippen LogP contribution in [0.1, 0.15) is 10.5 Å². The van der Waals surface area contributed by atoms with Crippen LogP contribution in [-0.2, 0) is 7.05 Å². The van der Waals surface area contributed by atoms with Crippen LogP contribution in [0.15, 0.2) is 41.4 Å². The molecular weight excluding hydrogens is 410 g/mol. The van der Waals surface area contributed by atoms with Gasteiger partial charge in [0.25, 0.3) is 5.91 Å². The lowest BCUT2D eigenvalue weighted by molar-refractivity contribution is 0.102. The molecule has 0 aliphatic carbocycles. The van der Waals surface area contributed by atoms with Crippen molar-refractivity contribution in [2.75, 3.05) is 18.5 Å². The van der Waals surface area contributed by atoms with Gasteiger partial charge in [0.2, 0.25) is 0 Å². The number of nitrogens with zero attached hydrogens (tertiary/aromatic N) is 4. The number of aromatic nitrogens is 4. The van der Waals surface area contributed by atoms with Crippen LogP contribution in [0.2, 0.25) is 0 Å². The number of thiazole rings is 2. The van der Waals surface area contributed by atoms with Gasteiger partial charge in [0, 0.05) is 35.1 Å². The third kappa shape index (κ3) is 3.59. The van der Waals surface area contributed by atoms with Crippen LogP contribution in [-0.4, -0.2) is 38.9 Å². The summed E-state index contributed by atoms with van der Waals surface area (Å²) in [5.41, 5.74) is 2.90. The smallest absolute Gasteiger partial charge is 0.276 e. The zero-order valence-electron chi connectivity index (χ0n) is 15.3. The van der Waals surface area contributed by atoms with Crippen molar-refractivity contribution in [3.63, 3.8) is 0 Å². The predicted octanol–water partition coefficient (Wildman–Crippen LogP) is 3.69. The summed E-state index contributed by atoms with van der Waals surface area (Å²) >= 11 is 2.76. The average Bonchev–Trinajstić information content (AvgIpc) is 3.48. The van der Waals surface area contributed by atoms with Crippen LogP contribution < -0.4 is 14.8 Å². The topological polar surface area (TPSA) is 91.2 Å². The van der Waals surface area contributed by atoms with Gasteiger partial charge in [-0.2, -0.15) is 5.10 Å². The lowest BCUT2D eigenvalue weighted by atomic mass is 10.1. The summed E-state index contributed by atoms with van der Waals surface area (Å²) in [5, 5.41) is 11.8. The molecule has 3 aromatic heterocycles. The number of hydrogen-bond acceptors (Lipinski definition) is 8. The highest BCUT2D eigenvalue weighted by molar-refractivity contribution is 7.14. The van der Waals surface area contributed by atoms with E-state index in [1.807, 2.05) is 36.8 Å². The molecule has 0 radical (unpaired) electrons. The number of carbonyl (C=O) groups is 1. The molecule has 146 valence electrons. The van der Waals surface area contributed by atoms with Crippen molar-refractivity contribution in [3.05, 3.63) is 47.0 Å². The van der Waals surface area contributed by atoms with Gasteiger partial charge in [0.15, 0.2) is 16.6 Å². The second-order valence-corrected chi connectivity index (χ2v) is 8.01. The van der Waals surface area contributed by atoms with E-state index in [9.17, 15) is 4.79 Å². The van der Waals surface area contributed by atoms with Gasteiger partial charge in [0.05, 0.1) is 11.9 Å². The van der Waals surface area contributed by atoms with Crippen molar-refractivity contribution in [2.45, 2.75) is 0 Å². The molecule has 29 heavy (non-hydrogen) atoms. The third-order valence-electron chi connectivity index (χ3n) is 4.25. The second-order valence-electron chi connectivity index (χ2n) is 6.29. The van der Waals surface area contributed by atoms with Crippen LogP contribution >= 0.6 is 22.7 Å². The van der Waals surface area contributed by atoms with Gasteiger partial charge >= 0.3 is 0 Å². The van der Waals surface area contributed by atoms with Gasteiger partial charge in [-0.1, -0.05) is 0 Å². The molecule has 0 bridgehead atoms. The van der Waals surface area contributed by atoms with Gasteiger partial charge in [-0.15, -0.1) is 22.7 Å². The van der Waals surface area contributed by atoms with Crippen molar-refractivity contribution in [2.24, 2.45) is 7.05 Å². The Balaban J connectivity index is 1.31. The standard InChI is InChI=1S/C19H15N5O3S2/c1-24-8-12(7-20-24)18-21-14(10-28-18)17(25)23-19-22-13(9-29-19)11-2-3-15-16(6-11)27-5-4-26-15/h2-3,6-10H,4-5H2,1H3,(H,22,23,25). The zero-order valence-corrected chi connectivity index (χ0v) is 16.9. The largest absolute Gasteiger partial charge is 0.486 e. The van der Waals surface area contributed by atoms with E-state index in [-0.39, 0.29) is 5.91 Å². The van der Waals surface area contributed by atoms with E-state index in [1.165, 1.54) is 22.7 Å². The molecule has 0 spiro atoms. The Kier molecular flexibility index (Phi) is 4.49. The van der Waals surface area contributed by atoms with Gasteiger partial charge in [-0.3, -0.25) is 14.8 Å². The Morgan fingerprint density at radius 2 is 1.97 bits per heavy atom. The maximum Gasteiger partial charge on any atom is 0.276 e. The van der Waals surface area contributed by atoms with E-state index in [4.69, 9.17) is 9.47 Å². The Morgan fingerprint density at radius 3 is 2.79 bits per heavy atom. The first kappa shape index (κ1) is 17.8. The Morgan fingerprint density at radius 1 is 1.10 bits per heavy atom. The number of hydrogen-bond donors (Lipinski definition) is 1. The summed E-state index contributed by atoms with van der Waals surface area (Å²) in [4.78, 5) is 21.5. The quantitative estimate of drug-likeness (QED) is 0.536. The maximum absolute atomic E-state index is 12.5. The minimum absolute atomic E-state index is 0.292. The van der Waals surface area contributed by atoms with Gasteiger partial charge in [-0.05, 0) is 18.2 Å². The predicted molar refractivity (Wildman–Crippen MR) is 111 cm³/mol. The fourth-order valence-electron chi connectivity index (χ4n) is 2.87. The van der Waals surface area contributed by atoms with E-state index in [0.29, 0.717) is 29.8 Å². The maximum atomic E-state index is 12.5. The van der Waals surface area contributed by atoms with E-state index >= 15 is 0 Å². The normalized spacial score (nSPS) is 12.7. The summed E-state index contributed by atoms with van der Waals surface area (Å²) < 4.78 is 12.9. The Hall–Kier alpha value is -3.24. The zero-order chi connectivity index (χ0) is 19.8. The SMILES string of the molecule is Cn1cc(-c2nc(C(=O)Nc3nc(-c4ccc5c(c4)OCCO5)cs3)cs2)cn1. The number of carbonyl (C=O) groups excluding carboxylic acids is 1. The minimum atomic E-state index is -0.292. The molecule has 0 atom stereocenters. The molecule has 1 aliphatic rings. The number of benzene rings is 1. The van der Waals surface area contributed by atoms with Crippen LogP contribution in [0.3, 0.4) is 0 Å². The number of rotatable bonds is 4. The molecular formula is C19H15N5O3S2. The fourth-order valence-corrected chi connectivity index (χ4v) is 4.36. The summed E-state index contributed by atoms with van der Waals surface area (Å²) in [6, 6.07) is 5.70. The lowest BCUT2D eigenvalue weighted by Gasteiger charge is -2.18. The van der Waals surface area contributed by atoms with Gasteiger partial charge in [0.1, 0.15) is 23.9 Å². The van der Waals surface area contributed by atoms with Crippen LogP contribution in [0, 0.1) is 0 Å². The molecule has 10 heteroatoms. The first-order chi connectivity index (χ1) is 14.2. The molecule has 1 aromatic carbocycles. The fraction of sp³-hybridized carbons (Fsp3) is 0.158. The van der Waals surface area contributed by atoms with E-state index < -0.39 is 0 Å². The molecule has 0 saturated heterocycles. The molecule has 8 nitrogen and oxygen atoms in total. The van der Waals surface area contributed by atoms with Crippen molar-refractivity contribution < 1.29 is 14.3 Å². The molecule has 0 fully saturated rings. The number of aryl methyl sites for hydroxylation is 1. The van der Waals surface area contributed by atoms with E-state index in [1.54, 1.807) is 16.3 Å². The molecule has 1 N–H and O–H groups in total. The second kappa shape index (κ2) is 7.30. The number of amides is 1. The van der Waals surface area contributed by atoms with Crippen molar-refractivity contribution in [1.29, 1.82) is 0 Å². The summed E-state index contributed by atoms with van der Waals surface area (Å²) in [5.74, 6) is 1.15. The van der Waals surface area contributed by atoms with E-state index in [0.717, 1.165) is 27.6 Å². The van der Waals surface area contributed by atoms with Crippen molar-refractivity contribution in [3.8, 4) is 33.3 Å².